The maximum Gasteiger partial charge on any atom is 0.327 e. The van der Waals surface area contributed by atoms with Gasteiger partial charge in [0.2, 0.25) is 0 Å². The largest absolute Gasteiger partial charge is 0.478 e. The number of hydrogen-bond acceptors (Lipinski definition) is 3. The molecule has 15 heavy (non-hydrogen) atoms. The average Bonchev–Trinajstić information content (AvgIpc) is 2.28. The Morgan fingerprint density at radius 3 is 2.33 bits per heavy atom. The van der Waals surface area contributed by atoms with Gasteiger partial charge in [-0.3, -0.25) is 0 Å². The van der Waals surface area contributed by atoms with E-state index < -0.39 is 5.97 Å². The Kier molecular flexibility index (Phi) is 8.52. The topological polar surface area (TPSA) is 57.5 Å². The van der Waals surface area contributed by atoms with Crippen LogP contribution in [0, 0.1) is 0 Å². The first-order valence-electron chi connectivity index (χ1n) is 4.34. The number of rotatable bonds is 4. The van der Waals surface area contributed by atoms with Gasteiger partial charge in [0.15, 0.2) is 0 Å². The normalized spacial score (nSPS) is 8.60. The van der Waals surface area contributed by atoms with Gasteiger partial charge in [-0.25, -0.2) is 4.79 Å². The number of aliphatic hydroxyl groups excluding tert-OH is 1. The Hall–Kier alpha value is -1.26. The van der Waals surface area contributed by atoms with Crippen molar-refractivity contribution in [1.29, 1.82) is 0 Å². The number of carboxylic acid groups (broad SMARTS) is 1. The Balaban J connectivity index is 0.000000336. The van der Waals surface area contributed by atoms with Crippen molar-refractivity contribution in [2.45, 2.75) is 4.90 Å². The number of hydrogen-bond donors (Lipinski definition) is 2. The first-order chi connectivity index (χ1) is 7.20. The van der Waals surface area contributed by atoms with Crippen molar-refractivity contribution in [3.05, 3.63) is 43.0 Å². The molecule has 0 heterocycles. The molecule has 0 radical (unpaired) electrons. The van der Waals surface area contributed by atoms with Gasteiger partial charge in [-0.05, 0) is 12.1 Å². The molecular formula is C11H14O3S. The number of aliphatic hydroxyl groups is 1. The minimum Gasteiger partial charge on any atom is -0.478 e. The van der Waals surface area contributed by atoms with Crippen molar-refractivity contribution in [2.75, 3.05) is 12.4 Å². The fourth-order valence-electron chi connectivity index (χ4n) is 0.680. The highest BCUT2D eigenvalue weighted by Gasteiger charge is 1.88. The standard InChI is InChI=1S/C8H10OS.C3H4O2/c9-6-7-10-8-4-2-1-3-5-8;1-2-3(4)5/h1-5,9H,6-7H2;2H,1H2,(H,4,5). The molecule has 1 aromatic rings. The van der Waals surface area contributed by atoms with E-state index in [4.69, 9.17) is 10.2 Å². The van der Waals surface area contributed by atoms with E-state index in [0.29, 0.717) is 0 Å². The fourth-order valence-corrected chi connectivity index (χ4v) is 1.36. The number of thioether (sulfide) groups is 1. The van der Waals surface area contributed by atoms with Gasteiger partial charge < -0.3 is 10.2 Å². The zero-order valence-corrected chi connectivity index (χ0v) is 9.11. The molecule has 0 aromatic heterocycles. The Morgan fingerprint density at radius 1 is 1.40 bits per heavy atom. The van der Waals surface area contributed by atoms with E-state index in [1.807, 2.05) is 30.3 Å². The summed E-state index contributed by atoms with van der Waals surface area (Å²) in [5, 5.41) is 16.1. The van der Waals surface area contributed by atoms with Crippen molar-refractivity contribution in [2.24, 2.45) is 0 Å². The van der Waals surface area contributed by atoms with Crippen LogP contribution in [0.5, 0.6) is 0 Å². The molecule has 0 spiro atoms. The lowest BCUT2D eigenvalue weighted by Gasteiger charge is -1.95. The summed E-state index contributed by atoms with van der Waals surface area (Å²) in [5.41, 5.74) is 0. The molecule has 82 valence electrons. The number of carboxylic acids is 1. The number of benzene rings is 1. The highest BCUT2D eigenvalue weighted by atomic mass is 32.2. The Labute approximate surface area is 93.4 Å². The summed E-state index contributed by atoms with van der Waals surface area (Å²) in [6.07, 6.45) is 0.833. The lowest BCUT2D eigenvalue weighted by atomic mass is 10.4. The SMILES string of the molecule is C=CC(=O)O.OCCSc1ccccc1. The number of aliphatic carboxylic acids is 1. The molecule has 4 heteroatoms. The first kappa shape index (κ1) is 13.7. The maximum absolute atomic E-state index is 9.25. The van der Waals surface area contributed by atoms with Gasteiger partial charge in [-0.15, -0.1) is 11.8 Å². The van der Waals surface area contributed by atoms with Crippen LogP contribution in [0.4, 0.5) is 0 Å². The molecule has 1 rings (SSSR count). The molecule has 0 saturated carbocycles. The molecule has 0 bridgehead atoms. The molecular weight excluding hydrogens is 212 g/mol. The van der Waals surface area contributed by atoms with Crippen LogP contribution in [0.2, 0.25) is 0 Å². The van der Waals surface area contributed by atoms with Crippen LogP contribution < -0.4 is 0 Å². The second-order valence-corrected chi connectivity index (χ2v) is 3.60. The lowest BCUT2D eigenvalue weighted by molar-refractivity contribution is -0.131. The predicted octanol–water partition coefficient (Wildman–Crippen LogP) is 2.03. The smallest absolute Gasteiger partial charge is 0.327 e. The second kappa shape index (κ2) is 9.30. The lowest BCUT2D eigenvalue weighted by Crippen LogP contribution is -1.84. The van der Waals surface area contributed by atoms with Crippen LogP contribution in [0.3, 0.4) is 0 Å². The molecule has 0 unspecified atom stereocenters. The van der Waals surface area contributed by atoms with Gasteiger partial charge in [0.05, 0.1) is 6.61 Å². The van der Waals surface area contributed by atoms with Crippen LogP contribution in [0.1, 0.15) is 0 Å². The molecule has 0 fully saturated rings. The first-order valence-corrected chi connectivity index (χ1v) is 5.33. The highest BCUT2D eigenvalue weighted by molar-refractivity contribution is 7.99. The predicted molar refractivity (Wildman–Crippen MR) is 62.1 cm³/mol. The van der Waals surface area contributed by atoms with Crippen LogP contribution in [-0.4, -0.2) is 28.5 Å². The van der Waals surface area contributed by atoms with Gasteiger partial charge in [-0.1, -0.05) is 24.8 Å². The minimum atomic E-state index is -0.981. The summed E-state index contributed by atoms with van der Waals surface area (Å²) >= 11 is 1.67. The van der Waals surface area contributed by atoms with E-state index >= 15 is 0 Å². The molecule has 0 saturated heterocycles. The molecule has 0 atom stereocenters. The van der Waals surface area contributed by atoms with E-state index in [-0.39, 0.29) is 6.61 Å². The Bertz CT molecular complexity index is 285. The van der Waals surface area contributed by atoms with E-state index in [1.54, 1.807) is 11.8 Å². The van der Waals surface area contributed by atoms with Crippen LogP contribution in [0.25, 0.3) is 0 Å². The zero-order valence-electron chi connectivity index (χ0n) is 8.30. The molecule has 0 aliphatic heterocycles. The van der Waals surface area contributed by atoms with Gasteiger partial charge >= 0.3 is 5.97 Å². The molecule has 1 aromatic carbocycles. The van der Waals surface area contributed by atoms with Crippen LogP contribution >= 0.6 is 11.8 Å². The summed E-state index contributed by atoms with van der Waals surface area (Å²) in [6.45, 7) is 3.21. The summed E-state index contributed by atoms with van der Waals surface area (Å²) in [7, 11) is 0. The molecule has 0 amide bonds. The van der Waals surface area contributed by atoms with Crippen LogP contribution in [0.15, 0.2) is 47.9 Å². The van der Waals surface area contributed by atoms with E-state index in [1.165, 1.54) is 4.90 Å². The zero-order chi connectivity index (χ0) is 11.5. The van der Waals surface area contributed by atoms with Crippen LogP contribution in [-0.2, 0) is 4.79 Å². The van der Waals surface area contributed by atoms with E-state index in [0.717, 1.165) is 11.8 Å². The molecule has 0 aliphatic rings. The fraction of sp³-hybridized carbons (Fsp3) is 0.182. The summed E-state index contributed by atoms with van der Waals surface area (Å²) in [4.78, 5) is 10.5. The average molecular weight is 226 g/mol. The van der Waals surface area contributed by atoms with Crippen molar-refractivity contribution >= 4 is 17.7 Å². The monoisotopic (exact) mass is 226 g/mol. The summed E-state index contributed by atoms with van der Waals surface area (Å²) in [6, 6.07) is 10.1. The minimum absolute atomic E-state index is 0.250. The third-order valence-electron chi connectivity index (χ3n) is 1.28. The maximum atomic E-state index is 9.25. The molecule has 0 aliphatic carbocycles. The quantitative estimate of drug-likeness (QED) is 0.609. The highest BCUT2D eigenvalue weighted by Crippen LogP contribution is 2.15. The van der Waals surface area contributed by atoms with Gasteiger partial charge in [-0.2, -0.15) is 0 Å². The second-order valence-electron chi connectivity index (χ2n) is 2.43. The van der Waals surface area contributed by atoms with Gasteiger partial charge in [0.1, 0.15) is 0 Å². The Morgan fingerprint density at radius 2 is 1.93 bits per heavy atom. The van der Waals surface area contributed by atoms with Gasteiger partial charge in [0.25, 0.3) is 0 Å². The summed E-state index contributed by atoms with van der Waals surface area (Å²) < 4.78 is 0. The van der Waals surface area contributed by atoms with Crippen molar-refractivity contribution in [3.63, 3.8) is 0 Å². The van der Waals surface area contributed by atoms with Crippen molar-refractivity contribution in [3.8, 4) is 0 Å². The third kappa shape index (κ3) is 9.05. The molecule has 3 nitrogen and oxygen atoms in total. The summed E-state index contributed by atoms with van der Waals surface area (Å²) in [5.74, 6) is -0.200. The number of carbonyl (C=O) groups is 1. The third-order valence-corrected chi connectivity index (χ3v) is 2.27. The van der Waals surface area contributed by atoms with E-state index in [9.17, 15) is 4.79 Å². The van der Waals surface area contributed by atoms with E-state index in [2.05, 4.69) is 6.58 Å². The van der Waals surface area contributed by atoms with Crippen molar-refractivity contribution in [1.82, 2.24) is 0 Å². The molecule has 2 N–H and O–H groups in total. The van der Waals surface area contributed by atoms with Crippen molar-refractivity contribution < 1.29 is 15.0 Å². The van der Waals surface area contributed by atoms with Gasteiger partial charge in [0, 0.05) is 16.7 Å².